The molecule has 16 heavy (non-hydrogen) atoms. The SMILES string of the molecule is Fc1cc(F)c2c(c1)Cc1ccc(F)cc1-2. The van der Waals surface area contributed by atoms with Crippen LogP contribution >= 0.6 is 0 Å². The number of halogens is 3. The fourth-order valence-corrected chi connectivity index (χ4v) is 2.21. The molecule has 0 amide bonds. The maximum atomic E-state index is 13.6. The Kier molecular flexibility index (Phi) is 1.84. The van der Waals surface area contributed by atoms with Crippen LogP contribution in [0.5, 0.6) is 0 Å². The van der Waals surface area contributed by atoms with Gasteiger partial charge < -0.3 is 0 Å². The van der Waals surface area contributed by atoms with E-state index in [9.17, 15) is 13.2 Å². The summed E-state index contributed by atoms with van der Waals surface area (Å²) in [5.74, 6) is -1.63. The number of benzene rings is 2. The second-order valence-electron chi connectivity index (χ2n) is 3.90. The fraction of sp³-hybridized carbons (Fsp3) is 0.0769. The molecular formula is C13H7F3. The van der Waals surface area contributed by atoms with Gasteiger partial charge in [-0.05, 0) is 41.3 Å². The molecule has 2 aromatic rings. The first kappa shape index (κ1) is 9.46. The largest absolute Gasteiger partial charge is 0.207 e. The van der Waals surface area contributed by atoms with Gasteiger partial charge in [0.2, 0.25) is 0 Å². The van der Waals surface area contributed by atoms with Crippen molar-refractivity contribution in [2.45, 2.75) is 6.42 Å². The Morgan fingerprint density at radius 1 is 0.812 bits per heavy atom. The van der Waals surface area contributed by atoms with Crippen molar-refractivity contribution in [1.82, 2.24) is 0 Å². The minimum absolute atomic E-state index is 0.330. The average Bonchev–Trinajstić information content (AvgIpc) is 2.54. The van der Waals surface area contributed by atoms with Crippen LogP contribution in [-0.4, -0.2) is 0 Å². The Labute approximate surface area is 90.3 Å². The molecule has 3 heteroatoms. The highest BCUT2D eigenvalue weighted by Crippen LogP contribution is 2.38. The zero-order valence-electron chi connectivity index (χ0n) is 8.23. The molecule has 1 aliphatic carbocycles. The summed E-state index contributed by atoms with van der Waals surface area (Å²) in [6, 6.07) is 6.37. The third-order valence-electron chi connectivity index (χ3n) is 2.86. The van der Waals surface area contributed by atoms with Gasteiger partial charge in [-0.15, -0.1) is 0 Å². The Morgan fingerprint density at radius 3 is 2.44 bits per heavy atom. The van der Waals surface area contributed by atoms with Crippen LogP contribution in [0.1, 0.15) is 11.1 Å². The van der Waals surface area contributed by atoms with Crippen LogP contribution in [-0.2, 0) is 6.42 Å². The maximum absolute atomic E-state index is 13.6. The predicted molar refractivity (Wildman–Crippen MR) is 54.6 cm³/mol. The van der Waals surface area contributed by atoms with E-state index >= 15 is 0 Å². The Balaban J connectivity index is 2.32. The molecule has 0 saturated heterocycles. The molecule has 2 aromatic carbocycles. The normalized spacial score (nSPS) is 12.4. The van der Waals surface area contributed by atoms with E-state index in [0.29, 0.717) is 23.1 Å². The van der Waals surface area contributed by atoms with Gasteiger partial charge in [0.05, 0.1) is 0 Å². The molecule has 0 unspecified atom stereocenters. The lowest BCUT2D eigenvalue weighted by atomic mass is 10.1. The molecule has 0 saturated carbocycles. The molecule has 0 N–H and O–H groups in total. The summed E-state index contributed by atoms with van der Waals surface area (Å²) < 4.78 is 39.7. The van der Waals surface area contributed by atoms with Gasteiger partial charge in [0.1, 0.15) is 17.5 Å². The van der Waals surface area contributed by atoms with E-state index < -0.39 is 17.5 Å². The minimum Gasteiger partial charge on any atom is -0.207 e. The second kappa shape index (κ2) is 3.11. The first-order valence-corrected chi connectivity index (χ1v) is 4.92. The molecular weight excluding hydrogens is 213 g/mol. The zero-order chi connectivity index (χ0) is 11.3. The van der Waals surface area contributed by atoms with E-state index in [1.54, 1.807) is 6.07 Å². The lowest BCUT2D eigenvalue weighted by Gasteiger charge is -2.02. The monoisotopic (exact) mass is 220 g/mol. The van der Waals surface area contributed by atoms with E-state index in [-0.39, 0.29) is 0 Å². The topological polar surface area (TPSA) is 0 Å². The molecule has 0 nitrogen and oxygen atoms in total. The van der Waals surface area contributed by atoms with Crippen molar-refractivity contribution in [3.8, 4) is 11.1 Å². The minimum atomic E-state index is -0.626. The third-order valence-corrected chi connectivity index (χ3v) is 2.86. The average molecular weight is 220 g/mol. The molecule has 0 atom stereocenters. The Bertz CT molecular complexity index is 588. The van der Waals surface area contributed by atoms with Crippen LogP contribution in [0.3, 0.4) is 0 Å². The molecule has 0 radical (unpaired) electrons. The number of hydrogen-bond donors (Lipinski definition) is 0. The van der Waals surface area contributed by atoms with E-state index in [0.717, 1.165) is 11.6 Å². The van der Waals surface area contributed by atoms with Crippen LogP contribution in [0.25, 0.3) is 11.1 Å². The first-order chi connectivity index (χ1) is 7.65. The Morgan fingerprint density at radius 2 is 1.62 bits per heavy atom. The van der Waals surface area contributed by atoms with Crippen molar-refractivity contribution in [2.75, 3.05) is 0 Å². The van der Waals surface area contributed by atoms with Crippen molar-refractivity contribution in [3.05, 3.63) is 58.9 Å². The summed E-state index contributed by atoms with van der Waals surface area (Å²) in [4.78, 5) is 0. The van der Waals surface area contributed by atoms with Gasteiger partial charge >= 0.3 is 0 Å². The smallest absolute Gasteiger partial charge is 0.134 e. The van der Waals surface area contributed by atoms with Gasteiger partial charge in [-0.1, -0.05) is 6.07 Å². The molecule has 0 spiro atoms. The molecule has 80 valence electrons. The van der Waals surface area contributed by atoms with Crippen molar-refractivity contribution in [1.29, 1.82) is 0 Å². The number of rotatable bonds is 0. The summed E-state index contributed by atoms with van der Waals surface area (Å²) in [6.45, 7) is 0. The summed E-state index contributed by atoms with van der Waals surface area (Å²) in [5, 5.41) is 0. The quantitative estimate of drug-likeness (QED) is 0.542. The van der Waals surface area contributed by atoms with Crippen LogP contribution in [0.4, 0.5) is 13.2 Å². The summed E-state index contributed by atoms with van der Waals surface area (Å²) >= 11 is 0. The third kappa shape index (κ3) is 1.24. The second-order valence-corrected chi connectivity index (χ2v) is 3.90. The summed E-state index contributed by atoms with van der Waals surface area (Å²) in [5.41, 5.74) is 2.28. The lowest BCUT2D eigenvalue weighted by molar-refractivity contribution is 0.584. The number of hydrogen-bond acceptors (Lipinski definition) is 0. The standard InChI is InChI=1S/C13H7F3/c14-9-2-1-7-3-8-4-10(15)6-12(16)13(8)11(7)5-9/h1-2,4-6H,3H2. The molecule has 0 heterocycles. The molecule has 3 rings (SSSR count). The van der Waals surface area contributed by atoms with Crippen molar-refractivity contribution < 1.29 is 13.2 Å². The Hall–Kier alpha value is -1.77. The molecule has 0 aromatic heterocycles. The van der Waals surface area contributed by atoms with Crippen molar-refractivity contribution in [3.63, 3.8) is 0 Å². The van der Waals surface area contributed by atoms with Gasteiger partial charge in [-0.2, -0.15) is 0 Å². The van der Waals surface area contributed by atoms with Gasteiger partial charge in [0.25, 0.3) is 0 Å². The lowest BCUT2D eigenvalue weighted by Crippen LogP contribution is -1.88. The van der Waals surface area contributed by atoms with Crippen molar-refractivity contribution >= 4 is 0 Å². The highest BCUT2D eigenvalue weighted by Gasteiger charge is 2.23. The highest BCUT2D eigenvalue weighted by molar-refractivity contribution is 5.77. The molecule has 0 fully saturated rings. The fourth-order valence-electron chi connectivity index (χ4n) is 2.21. The molecule has 0 bridgehead atoms. The van der Waals surface area contributed by atoms with Crippen LogP contribution < -0.4 is 0 Å². The van der Waals surface area contributed by atoms with E-state index in [1.165, 1.54) is 18.2 Å². The maximum Gasteiger partial charge on any atom is 0.134 e. The first-order valence-electron chi connectivity index (χ1n) is 4.92. The predicted octanol–water partition coefficient (Wildman–Crippen LogP) is 3.68. The van der Waals surface area contributed by atoms with Gasteiger partial charge in [0, 0.05) is 11.6 Å². The van der Waals surface area contributed by atoms with E-state index in [2.05, 4.69) is 0 Å². The zero-order valence-corrected chi connectivity index (χ0v) is 8.23. The highest BCUT2D eigenvalue weighted by atomic mass is 19.1. The summed E-state index contributed by atoms with van der Waals surface area (Å²) in [6.07, 6.45) is 0.458. The molecule has 0 aliphatic heterocycles. The van der Waals surface area contributed by atoms with Crippen LogP contribution in [0, 0.1) is 17.5 Å². The van der Waals surface area contributed by atoms with Crippen molar-refractivity contribution in [2.24, 2.45) is 0 Å². The van der Waals surface area contributed by atoms with Gasteiger partial charge in [-0.25, -0.2) is 13.2 Å². The summed E-state index contributed by atoms with van der Waals surface area (Å²) in [7, 11) is 0. The molecule has 1 aliphatic rings. The van der Waals surface area contributed by atoms with E-state index in [1.807, 2.05) is 0 Å². The van der Waals surface area contributed by atoms with Crippen LogP contribution in [0.15, 0.2) is 30.3 Å². The van der Waals surface area contributed by atoms with Crippen LogP contribution in [0.2, 0.25) is 0 Å². The van der Waals surface area contributed by atoms with Gasteiger partial charge in [0.15, 0.2) is 0 Å². The van der Waals surface area contributed by atoms with E-state index in [4.69, 9.17) is 0 Å². The number of fused-ring (bicyclic) bond motifs is 3. The van der Waals surface area contributed by atoms with Gasteiger partial charge in [-0.3, -0.25) is 0 Å².